The molecule has 1 spiro atoms. The quantitative estimate of drug-likeness (QED) is 0.551. The van der Waals surface area contributed by atoms with Crippen molar-refractivity contribution < 1.29 is 9.59 Å². The third-order valence-electron chi connectivity index (χ3n) is 3.63. The second-order valence-corrected chi connectivity index (χ2v) is 5.19. The van der Waals surface area contributed by atoms with Crippen molar-refractivity contribution in [2.24, 2.45) is 5.41 Å². The van der Waals surface area contributed by atoms with E-state index in [9.17, 15) is 9.59 Å². The molecule has 0 radical (unpaired) electrons. The van der Waals surface area contributed by atoms with E-state index < -0.39 is 5.54 Å². The van der Waals surface area contributed by atoms with Gasteiger partial charge in [-0.25, -0.2) is 4.79 Å². The number of amides is 3. The number of piperidine rings is 1. The van der Waals surface area contributed by atoms with Gasteiger partial charge in [-0.2, -0.15) is 0 Å². The Morgan fingerprint density at radius 2 is 2.00 bits per heavy atom. The van der Waals surface area contributed by atoms with E-state index in [0.29, 0.717) is 6.42 Å². The van der Waals surface area contributed by atoms with Crippen molar-refractivity contribution in [3.8, 4) is 0 Å². The maximum atomic E-state index is 11.9. The minimum atomic E-state index is -0.712. The molecule has 5 heteroatoms. The molecule has 0 aromatic carbocycles. The molecule has 84 valence electrons. The highest BCUT2D eigenvalue weighted by atomic mass is 16.2. The number of nitrogens with zero attached hydrogens (tertiary/aromatic N) is 1. The molecule has 0 aromatic rings. The molecule has 1 atom stereocenters. The lowest BCUT2D eigenvalue weighted by Gasteiger charge is -2.48. The van der Waals surface area contributed by atoms with Crippen molar-refractivity contribution in [3.05, 3.63) is 0 Å². The van der Waals surface area contributed by atoms with Crippen LogP contribution in [0.3, 0.4) is 0 Å². The van der Waals surface area contributed by atoms with Gasteiger partial charge in [0.05, 0.1) is 0 Å². The van der Waals surface area contributed by atoms with Crippen molar-refractivity contribution in [1.29, 1.82) is 0 Å². The van der Waals surface area contributed by atoms with Crippen molar-refractivity contribution in [2.45, 2.75) is 25.8 Å². The van der Waals surface area contributed by atoms with E-state index in [1.807, 2.05) is 20.9 Å². The number of imide groups is 1. The standard InChI is InChI=1S/C10H17N3O2/c1-9(2)6-13(3)5-4-10(9)7(14)11-8(15)12-10/h4-6H2,1-3H3,(H2,11,12,14,15)/t10-/m0/s1. The molecule has 0 bridgehead atoms. The van der Waals surface area contributed by atoms with Gasteiger partial charge in [0.15, 0.2) is 0 Å². The summed E-state index contributed by atoms with van der Waals surface area (Å²) < 4.78 is 0. The number of hydrogen-bond donors (Lipinski definition) is 2. The first-order chi connectivity index (χ1) is 6.87. The normalized spacial score (nSPS) is 35.4. The summed E-state index contributed by atoms with van der Waals surface area (Å²) in [7, 11) is 2.03. The monoisotopic (exact) mass is 211 g/mol. The topological polar surface area (TPSA) is 61.4 Å². The molecule has 3 amide bonds. The van der Waals surface area contributed by atoms with E-state index >= 15 is 0 Å². The van der Waals surface area contributed by atoms with Crippen LogP contribution in [0, 0.1) is 5.41 Å². The zero-order valence-electron chi connectivity index (χ0n) is 9.39. The summed E-state index contributed by atoms with van der Waals surface area (Å²) >= 11 is 0. The molecule has 2 heterocycles. The van der Waals surface area contributed by atoms with Crippen LogP contribution in [0.2, 0.25) is 0 Å². The SMILES string of the molecule is CN1CC[C@@]2(NC(=O)NC2=O)C(C)(C)C1. The van der Waals surface area contributed by atoms with Gasteiger partial charge < -0.3 is 10.2 Å². The molecule has 2 fully saturated rings. The first kappa shape index (κ1) is 10.4. The lowest BCUT2D eigenvalue weighted by Crippen LogP contribution is -2.65. The van der Waals surface area contributed by atoms with Gasteiger partial charge in [0.2, 0.25) is 0 Å². The third kappa shape index (κ3) is 1.33. The fourth-order valence-corrected chi connectivity index (χ4v) is 2.73. The Hall–Kier alpha value is -1.10. The summed E-state index contributed by atoms with van der Waals surface area (Å²) in [5.74, 6) is -0.175. The van der Waals surface area contributed by atoms with Gasteiger partial charge in [-0.3, -0.25) is 10.1 Å². The van der Waals surface area contributed by atoms with Crippen molar-refractivity contribution in [1.82, 2.24) is 15.5 Å². The van der Waals surface area contributed by atoms with Crippen LogP contribution >= 0.6 is 0 Å². The van der Waals surface area contributed by atoms with Crippen molar-refractivity contribution >= 4 is 11.9 Å². The van der Waals surface area contributed by atoms with Crippen LogP contribution in [0.15, 0.2) is 0 Å². The Balaban J connectivity index is 2.35. The van der Waals surface area contributed by atoms with Gasteiger partial charge in [-0.05, 0) is 13.5 Å². The number of likely N-dealkylation sites (tertiary alicyclic amines) is 1. The van der Waals surface area contributed by atoms with Crippen LogP contribution in [0.4, 0.5) is 4.79 Å². The Kier molecular flexibility index (Phi) is 2.05. The van der Waals surface area contributed by atoms with Crippen LogP contribution in [0.5, 0.6) is 0 Å². The lowest BCUT2D eigenvalue weighted by molar-refractivity contribution is -0.131. The van der Waals surface area contributed by atoms with E-state index in [1.165, 1.54) is 0 Å². The van der Waals surface area contributed by atoms with Crippen LogP contribution in [0.1, 0.15) is 20.3 Å². The molecule has 0 aromatic heterocycles. The average Bonchev–Trinajstić information content (AvgIpc) is 2.36. The van der Waals surface area contributed by atoms with Gasteiger partial charge in [0, 0.05) is 18.5 Å². The van der Waals surface area contributed by atoms with Crippen LogP contribution in [0.25, 0.3) is 0 Å². The van der Waals surface area contributed by atoms with Gasteiger partial charge in [0.1, 0.15) is 5.54 Å². The number of nitrogens with one attached hydrogen (secondary N) is 2. The molecule has 2 N–H and O–H groups in total. The minimum absolute atomic E-state index is 0.175. The Morgan fingerprint density at radius 1 is 1.33 bits per heavy atom. The highest BCUT2D eigenvalue weighted by Crippen LogP contribution is 2.39. The lowest BCUT2D eigenvalue weighted by atomic mass is 9.67. The smallest absolute Gasteiger partial charge is 0.322 e. The van der Waals surface area contributed by atoms with Crippen LogP contribution in [-0.4, -0.2) is 42.5 Å². The van der Waals surface area contributed by atoms with Gasteiger partial charge in [0.25, 0.3) is 5.91 Å². The second kappa shape index (κ2) is 2.95. The summed E-state index contributed by atoms with van der Waals surface area (Å²) in [6.07, 6.45) is 0.675. The number of hydrogen-bond acceptors (Lipinski definition) is 3. The predicted octanol–water partition coefficient (Wildman–Crippen LogP) is -0.0737. The highest BCUT2D eigenvalue weighted by Gasteiger charge is 2.57. The summed E-state index contributed by atoms with van der Waals surface area (Å²) in [5, 5.41) is 5.14. The van der Waals surface area contributed by atoms with Crippen molar-refractivity contribution in [3.63, 3.8) is 0 Å². The van der Waals surface area contributed by atoms with Crippen LogP contribution < -0.4 is 10.6 Å². The summed E-state index contributed by atoms with van der Waals surface area (Å²) in [5.41, 5.74) is -0.952. The van der Waals surface area contributed by atoms with Gasteiger partial charge in [-0.1, -0.05) is 13.8 Å². The van der Waals surface area contributed by atoms with E-state index in [1.54, 1.807) is 0 Å². The predicted molar refractivity (Wildman–Crippen MR) is 55.3 cm³/mol. The van der Waals surface area contributed by atoms with E-state index in [2.05, 4.69) is 15.5 Å². The fourth-order valence-electron chi connectivity index (χ4n) is 2.73. The fraction of sp³-hybridized carbons (Fsp3) is 0.800. The summed E-state index contributed by atoms with van der Waals surface area (Å²) in [4.78, 5) is 25.3. The highest BCUT2D eigenvalue weighted by molar-refractivity contribution is 6.07. The Morgan fingerprint density at radius 3 is 2.47 bits per heavy atom. The van der Waals surface area contributed by atoms with Crippen LogP contribution in [-0.2, 0) is 4.79 Å². The van der Waals surface area contributed by atoms with E-state index in [0.717, 1.165) is 13.1 Å². The molecular formula is C10H17N3O2. The zero-order chi connectivity index (χ0) is 11.3. The van der Waals surface area contributed by atoms with Crippen molar-refractivity contribution in [2.75, 3.05) is 20.1 Å². The molecule has 0 saturated carbocycles. The molecule has 15 heavy (non-hydrogen) atoms. The largest absolute Gasteiger partial charge is 0.323 e. The van der Waals surface area contributed by atoms with Gasteiger partial charge >= 0.3 is 6.03 Å². The maximum absolute atomic E-state index is 11.9. The Bertz CT molecular complexity index is 327. The minimum Gasteiger partial charge on any atom is -0.323 e. The van der Waals surface area contributed by atoms with E-state index in [-0.39, 0.29) is 17.4 Å². The molecule has 2 rings (SSSR count). The number of carbonyl (C=O) groups is 2. The van der Waals surface area contributed by atoms with Gasteiger partial charge in [-0.15, -0.1) is 0 Å². The molecule has 2 saturated heterocycles. The number of carbonyl (C=O) groups excluding carboxylic acids is 2. The average molecular weight is 211 g/mol. The molecule has 2 aliphatic rings. The maximum Gasteiger partial charge on any atom is 0.322 e. The number of rotatable bonds is 0. The summed E-state index contributed by atoms with van der Waals surface area (Å²) in [6, 6.07) is -0.363. The Labute approximate surface area is 89.2 Å². The second-order valence-electron chi connectivity index (χ2n) is 5.19. The first-order valence-corrected chi connectivity index (χ1v) is 5.20. The molecule has 0 unspecified atom stereocenters. The molecule has 0 aliphatic carbocycles. The van der Waals surface area contributed by atoms with E-state index in [4.69, 9.17) is 0 Å². The molecule has 5 nitrogen and oxygen atoms in total. The zero-order valence-corrected chi connectivity index (χ0v) is 9.39. The summed E-state index contributed by atoms with van der Waals surface area (Å²) in [6.45, 7) is 5.68. The first-order valence-electron chi connectivity index (χ1n) is 5.20. The number of urea groups is 1. The molecular weight excluding hydrogens is 194 g/mol. The third-order valence-corrected chi connectivity index (χ3v) is 3.63. The molecule has 2 aliphatic heterocycles.